The third-order valence-electron chi connectivity index (χ3n) is 4.00. The SMILES string of the molecule is O=[N+]([O-])c1ccc(-c2cccc3ccc4cccnc4c23)cc1. The minimum atomic E-state index is -0.385. The summed E-state index contributed by atoms with van der Waals surface area (Å²) >= 11 is 0. The highest BCUT2D eigenvalue weighted by atomic mass is 16.6. The topological polar surface area (TPSA) is 56.0 Å². The number of aromatic nitrogens is 1. The molecular formula is C19H12N2O2. The van der Waals surface area contributed by atoms with E-state index in [-0.39, 0.29) is 10.6 Å². The number of nitro groups is 1. The predicted octanol–water partition coefficient (Wildman–Crippen LogP) is 4.96. The molecule has 0 aliphatic rings. The number of hydrogen-bond donors (Lipinski definition) is 0. The number of non-ortho nitro benzene ring substituents is 1. The molecule has 3 aromatic carbocycles. The van der Waals surface area contributed by atoms with E-state index >= 15 is 0 Å². The molecule has 0 saturated carbocycles. The van der Waals surface area contributed by atoms with Crippen molar-refractivity contribution in [2.24, 2.45) is 0 Å². The van der Waals surface area contributed by atoms with Crippen LogP contribution in [0, 0.1) is 10.1 Å². The first kappa shape index (κ1) is 13.4. The van der Waals surface area contributed by atoms with E-state index in [4.69, 9.17) is 0 Å². The molecule has 0 atom stereocenters. The van der Waals surface area contributed by atoms with Crippen molar-refractivity contribution in [2.45, 2.75) is 0 Å². The van der Waals surface area contributed by atoms with Gasteiger partial charge in [0.25, 0.3) is 5.69 Å². The number of benzene rings is 3. The van der Waals surface area contributed by atoms with Crippen molar-refractivity contribution < 1.29 is 4.92 Å². The fraction of sp³-hybridized carbons (Fsp3) is 0. The molecule has 0 bridgehead atoms. The van der Waals surface area contributed by atoms with Crippen molar-refractivity contribution in [2.75, 3.05) is 0 Å². The van der Waals surface area contributed by atoms with Gasteiger partial charge in [-0.05, 0) is 34.7 Å². The summed E-state index contributed by atoms with van der Waals surface area (Å²) in [5.41, 5.74) is 3.01. The summed E-state index contributed by atoms with van der Waals surface area (Å²) in [5, 5.41) is 14.1. The Kier molecular flexibility index (Phi) is 3.01. The average molecular weight is 300 g/mol. The van der Waals surface area contributed by atoms with Gasteiger partial charge in [-0.15, -0.1) is 0 Å². The zero-order valence-electron chi connectivity index (χ0n) is 12.1. The van der Waals surface area contributed by atoms with E-state index < -0.39 is 0 Å². The molecule has 1 heterocycles. The molecular weight excluding hydrogens is 288 g/mol. The Morgan fingerprint density at radius 3 is 2.35 bits per heavy atom. The summed E-state index contributed by atoms with van der Waals surface area (Å²) in [5.74, 6) is 0. The van der Waals surface area contributed by atoms with Crippen LogP contribution in [0.5, 0.6) is 0 Å². The summed E-state index contributed by atoms with van der Waals surface area (Å²) < 4.78 is 0. The zero-order chi connectivity index (χ0) is 15.8. The van der Waals surface area contributed by atoms with Gasteiger partial charge in [0, 0.05) is 29.1 Å². The smallest absolute Gasteiger partial charge is 0.258 e. The third kappa shape index (κ3) is 2.21. The first-order valence-corrected chi connectivity index (χ1v) is 7.25. The summed E-state index contributed by atoms with van der Waals surface area (Å²) in [4.78, 5) is 15.0. The zero-order valence-corrected chi connectivity index (χ0v) is 12.1. The van der Waals surface area contributed by atoms with E-state index in [2.05, 4.69) is 23.2 Å². The normalized spacial score (nSPS) is 11.0. The van der Waals surface area contributed by atoms with Crippen LogP contribution in [0.2, 0.25) is 0 Å². The monoisotopic (exact) mass is 300 g/mol. The second-order valence-electron chi connectivity index (χ2n) is 5.35. The molecule has 4 nitrogen and oxygen atoms in total. The van der Waals surface area contributed by atoms with Crippen LogP contribution in [0.3, 0.4) is 0 Å². The number of pyridine rings is 1. The number of fused-ring (bicyclic) bond motifs is 3. The minimum absolute atomic E-state index is 0.0944. The van der Waals surface area contributed by atoms with Gasteiger partial charge in [-0.25, -0.2) is 0 Å². The van der Waals surface area contributed by atoms with Crippen LogP contribution in [0.25, 0.3) is 32.8 Å². The molecule has 4 aromatic rings. The van der Waals surface area contributed by atoms with Gasteiger partial charge in [0.2, 0.25) is 0 Å². The molecule has 0 N–H and O–H groups in total. The highest BCUT2D eigenvalue weighted by Crippen LogP contribution is 2.33. The Morgan fingerprint density at radius 2 is 1.57 bits per heavy atom. The van der Waals surface area contributed by atoms with E-state index in [1.165, 1.54) is 12.1 Å². The van der Waals surface area contributed by atoms with E-state index in [9.17, 15) is 10.1 Å². The fourth-order valence-electron chi connectivity index (χ4n) is 2.92. The molecule has 0 fully saturated rings. The highest BCUT2D eigenvalue weighted by molar-refractivity contribution is 6.12. The fourth-order valence-corrected chi connectivity index (χ4v) is 2.92. The van der Waals surface area contributed by atoms with E-state index in [1.54, 1.807) is 18.3 Å². The maximum absolute atomic E-state index is 10.8. The molecule has 0 unspecified atom stereocenters. The van der Waals surface area contributed by atoms with Gasteiger partial charge in [-0.3, -0.25) is 15.1 Å². The molecule has 23 heavy (non-hydrogen) atoms. The lowest BCUT2D eigenvalue weighted by Crippen LogP contribution is -1.89. The van der Waals surface area contributed by atoms with Crippen LogP contribution in [-0.2, 0) is 0 Å². The summed E-state index contributed by atoms with van der Waals surface area (Å²) in [6.07, 6.45) is 1.79. The second-order valence-corrected chi connectivity index (χ2v) is 5.35. The van der Waals surface area contributed by atoms with Crippen LogP contribution >= 0.6 is 0 Å². The van der Waals surface area contributed by atoms with Crippen molar-refractivity contribution in [3.05, 3.63) is 83.0 Å². The molecule has 0 radical (unpaired) electrons. The lowest BCUT2D eigenvalue weighted by Gasteiger charge is -2.09. The Hall–Kier alpha value is -3.27. The van der Waals surface area contributed by atoms with Crippen molar-refractivity contribution in [3.63, 3.8) is 0 Å². The Morgan fingerprint density at radius 1 is 0.826 bits per heavy atom. The molecule has 0 amide bonds. The Bertz CT molecular complexity index is 1040. The van der Waals surface area contributed by atoms with E-state index in [1.807, 2.05) is 24.3 Å². The number of hydrogen-bond acceptors (Lipinski definition) is 3. The van der Waals surface area contributed by atoms with Crippen molar-refractivity contribution in [3.8, 4) is 11.1 Å². The third-order valence-corrected chi connectivity index (χ3v) is 4.00. The molecule has 4 rings (SSSR count). The van der Waals surface area contributed by atoms with Crippen LogP contribution in [0.1, 0.15) is 0 Å². The summed E-state index contributed by atoms with van der Waals surface area (Å²) in [7, 11) is 0. The van der Waals surface area contributed by atoms with Crippen molar-refractivity contribution in [1.29, 1.82) is 0 Å². The molecule has 0 aliphatic heterocycles. The molecule has 4 heteroatoms. The van der Waals surface area contributed by atoms with Crippen molar-refractivity contribution in [1.82, 2.24) is 4.98 Å². The van der Waals surface area contributed by atoms with Gasteiger partial charge >= 0.3 is 0 Å². The quantitative estimate of drug-likeness (QED) is 0.298. The van der Waals surface area contributed by atoms with Crippen LogP contribution < -0.4 is 0 Å². The number of rotatable bonds is 2. The van der Waals surface area contributed by atoms with Crippen LogP contribution in [0.4, 0.5) is 5.69 Å². The maximum atomic E-state index is 10.8. The lowest BCUT2D eigenvalue weighted by molar-refractivity contribution is -0.384. The first-order valence-electron chi connectivity index (χ1n) is 7.25. The molecule has 0 saturated heterocycles. The Labute approximate surface area is 132 Å². The van der Waals surface area contributed by atoms with Crippen molar-refractivity contribution >= 4 is 27.4 Å². The lowest BCUT2D eigenvalue weighted by atomic mass is 9.96. The van der Waals surface area contributed by atoms with Gasteiger partial charge in [0.1, 0.15) is 0 Å². The van der Waals surface area contributed by atoms with E-state index in [0.29, 0.717) is 0 Å². The predicted molar refractivity (Wildman–Crippen MR) is 91.3 cm³/mol. The molecule has 0 spiro atoms. The largest absolute Gasteiger partial charge is 0.269 e. The van der Waals surface area contributed by atoms with Gasteiger partial charge in [0.05, 0.1) is 10.4 Å². The van der Waals surface area contributed by atoms with Gasteiger partial charge in [-0.2, -0.15) is 0 Å². The Balaban J connectivity index is 2.03. The average Bonchev–Trinajstić information content (AvgIpc) is 2.61. The van der Waals surface area contributed by atoms with Gasteiger partial charge in [0.15, 0.2) is 0 Å². The maximum Gasteiger partial charge on any atom is 0.269 e. The summed E-state index contributed by atoms with van der Waals surface area (Å²) in [6, 6.07) is 20.8. The number of nitrogens with zero attached hydrogens (tertiary/aromatic N) is 2. The van der Waals surface area contributed by atoms with Gasteiger partial charge in [-0.1, -0.05) is 36.4 Å². The number of nitro benzene ring substituents is 1. The van der Waals surface area contributed by atoms with Crippen LogP contribution in [-0.4, -0.2) is 9.91 Å². The summed E-state index contributed by atoms with van der Waals surface area (Å²) in [6.45, 7) is 0. The van der Waals surface area contributed by atoms with E-state index in [0.717, 1.165) is 32.8 Å². The molecule has 110 valence electrons. The van der Waals surface area contributed by atoms with Gasteiger partial charge < -0.3 is 0 Å². The van der Waals surface area contributed by atoms with Crippen LogP contribution in [0.15, 0.2) is 72.9 Å². The highest BCUT2D eigenvalue weighted by Gasteiger charge is 2.10. The molecule has 0 aliphatic carbocycles. The standard InChI is InChI=1S/C19H12N2O2/c22-21(23)16-10-8-13(9-11-16)17-5-1-3-14-6-7-15-4-2-12-20-19(15)18(14)17/h1-12H. The second kappa shape index (κ2) is 5.18. The molecule has 1 aromatic heterocycles. The minimum Gasteiger partial charge on any atom is -0.258 e. The first-order chi connectivity index (χ1) is 11.2.